The number of hydrogen-bond acceptors (Lipinski definition) is 3. The molecule has 1 amide bonds. The van der Waals surface area contributed by atoms with Gasteiger partial charge in [-0.3, -0.25) is 9.59 Å². The summed E-state index contributed by atoms with van der Waals surface area (Å²) in [6, 6.07) is 0. The van der Waals surface area contributed by atoms with Gasteiger partial charge in [0.15, 0.2) is 0 Å². The highest BCUT2D eigenvalue weighted by Crippen LogP contribution is 2.17. The first-order chi connectivity index (χ1) is 9.10. The predicted molar refractivity (Wildman–Crippen MR) is 76.7 cm³/mol. The minimum atomic E-state index is -0.357. The van der Waals surface area contributed by atoms with E-state index in [-0.39, 0.29) is 24.3 Å². The monoisotopic (exact) mass is 269 g/mol. The van der Waals surface area contributed by atoms with E-state index in [4.69, 9.17) is 4.74 Å². The number of ether oxygens (including phenoxy) is 1. The van der Waals surface area contributed by atoms with Gasteiger partial charge < -0.3 is 9.64 Å². The van der Waals surface area contributed by atoms with Gasteiger partial charge in [-0.15, -0.1) is 6.58 Å². The summed E-state index contributed by atoms with van der Waals surface area (Å²) in [6.45, 7) is 10.3. The predicted octanol–water partition coefficient (Wildman–Crippen LogP) is 2.78. The number of rotatable bonds is 10. The fourth-order valence-electron chi connectivity index (χ4n) is 2.10. The van der Waals surface area contributed by atoms with Crippen LogP contribution in [0.2, 0.25) is 0 Å². The van der Waals surface area contributed by atoms with E-state index in [1.807, 2.05) is 0 Å². The molecule has 4 heteroatoms. The lowest BCUT2D eigenvalue weighted by molar-refractivity contribution is -0.150. The van der Waals surface area contributed by atoms with E-state index < -0.39 is 0 Å². The maximum Gasteiger partial charge on any atom is 0.325 e. The van der Waals surface area contributed by atoms with Gasteiger partial charge in [0.25, 0.3) is 0 Å². The Morgan fingerprint density at radius 3 is 2.21 bits per heavy atom. The van der Waals surface area contributed by atoms with Gasteiger partial charge in [-0.2, -0.15) is 0 Å². The van der Waals surface area contributed by atoms with Crippen LogP contribution in [0, 0.1) is 5.92 Å². The van der Waals surface area contributed by atoms with Crippen molar-refractivity contribution in [2.45, 2.75) is 46.5 Å². The quantitative estimate of drug-likeness (QED) is 0.452. The van der Waals surface area contributed by atoms with Crippen molar-refractivity contribution in [3.8, 4) is 0 Å². The summed E-state index contributed by atoms with van der Waals surface area (Å²) >= 11 is 0. The largest absolute Gasteiger partial charge is 0.465 e. The molecule has 0 aromatic carbocycles. The lowest BCUT2D eigenvalue weighted by atomic mass is 9.96. The standard InChI is InChI=1S/C15H27NO3/c1-5-9-13(10-6-2)15(18)16(11-7-3)12-14(17)19-8-4/h7,13H,3,5-6,8-12H2,1-2,4H3. The summed E-state index contributed by atoms with van der Waals surface area (Å²) in [4.78, 5) is 25.5. The van der Waals surface area contributed by atoms with E-state index in [2.05, 4.69) is 20.4 Å². The van der Waals surface area contributed by atoms with E-state index in [0.29, 0.717) is 13.2 Å². The highest BCUT2D eigenvalue weighted by molar-refractivity contribution is 5.83. The van der Waals surface area contributed by atoms with Gasteiger partial charge in [-0.25, -0.2) is 0 Å². The molecule has 0 aromatic rings. The van der Waals surface area contributed by atoms with E-state index in [1.165, 1.54) is 0 Å². The molecule has 0 saturated heterocycles. The van der Waals surface area contributed by atoms with Crippen LogP contribution < -0.4 is 0 Å². The highest BCUT2D eigenvalue weighted by atomic mass is 16.5. The first kappa shape index (κ1) is 17.7. The normalized spacial score (nSPS) is 10.3. The topological polar surface area (TPSA) is 46.6 Å². The third-order valence-corrected chi connectivity index (χ3v) is 2.91. The van der Waals surface area contributed by atoms with Gasteiger partial charge in [0.05, 0.1) is 6.61 Å². The van der Waals surface area contributed by atoms with Gasteiger partial charge in [0.2, 0.25) is 5.91 Å². The number of amides is 1. The van der Waals surface area contributed by atoms with Crippen LogP contribution in [-0.4, -0.2) is 36.5 Å². The van der Waals surface area contributed by atoms with Gasteiger partial charge >= 0.3 is 5.97 Å². The SMILES string of the molecule is C=CCN(CC(=O)OCC)C(=O)C(CCC)CCC. The fourth-order valence-corrected chi connectivity index (χ4v) is 2.10. The number of carbonyl (C=O) groups is 2. The molecule has 0 unspecified atom stereocenters. The van der Waals surface area contributed by atoms with Crippen molar-refractivity contribution in [2.75, 3.05) is 19.7 Å². The molecule has 0 atom stereocenters. The molecule has 0 bridgehead atoms. The van der Waals surface area contributed by atoms with Gasteiger partial charge in [0, 0.05) is 12.5 Å². The molecule has 0 aromatic heterocycles. The summed E-state index contributed by atoms with van der Waals surface area (Å²) in [7, 11) is 0. The molecular weight excluding hydrogens is 242 g/mol. The Labute approximate surface area is 116 Å². The Bertz CT molecular complexity index is 283. The number of hydrogen-bond donors (Lipinski definition) is 0. The third kappa shape index (κ3) is 6.99. The van der Waals surface area contributed by atoms with Crippen LogP contribution in [0.25, 0.3) is 0 Å². The fraction of sp³-hybridized carbons (Fsp3) is 0.733. The minimum absolute atomic E-state index is 0.00405. The van der Waals surface area contributed by atoms with Crippen LogP contribution in [0.4, 0.5) is 0 Å². The molecular formula is C15H27NO3. The first-order valence-corrected chi connectivity index (χ1v) is 7.15. The third-order valence-electron chi connectivity index (χ3n) is 2.91. The van der Waals surface area contributed by atoms with Crippen molar-refractivity contribution in [3.05, 3.63) is 12.7 Å². The molecule has 0 rings (SSSR count). The van der Waals surface area contributed by atoms with Gasteiger partial charge in [-0.1, -0.05) is 32.8 Å². The smallest absolute Gasteiger partial charge is 0.325 e. The molecule has 0 heterocycles. The summed E-state index contributed by atoms with van der Waals surface area (Å²) < 4.78 is 4.90. The van der Waals surface area contributed by atoms with Crippen LogP contribution in [-0.2, 0) is 14.3 Å². The lowest BCUT2D eigenvalue weighted by Gasteiger charge is -2.25. The summed E-state index contributed by atoms with van der Waals surface area (Å²) in [5, 5.41) is 0. The number of nitrogens with zero attached hydrogens (tertiary/aromatic N) is 1. The summed E-state index contributed by atoms with van der Waals surface area (Å²) in [5.41, 5.74) is 0. The molecule has 0 saturated carbocycles. The maximum absolute atomic E-state index is 12.4. The van der Waals surface area contributed by atoms with Crippen molar-refractivity contribution in [2.24, 2.45) is 5.92 Å². The Morgan fingerprint density at radius 2 is 1.79 bits per heavy atom. The van der Waals surface area contributed by atoms with Crippen molar-refractivity contribution in [1.82, 2.24) is 4.90 Å². The second-order valence-corrected chi connectivity index (χ2v) is 4.59. The van der Waals surface area contributed by atoms with Crippen LogP contribution in [0.15, 0.2) is 12.7 Å². The number of carbonyl (C=O) groups excluding carboxylic acids is 2. The Hall–Kier alpha value is -1.32. The molecule has 19 heavy (non-hydrogen) atoms. The second kappa shape index (κ2) is 10.6. The van der Waals surface area contributed by atoms with E-state index in [9.17, 15) is 9.59 Å². The number of esters is 1. The molecule has 0 aliphatic heterocycles. The van der Waals surface area contributed by atoms with Crippen LogP contribution in [0.1, 0.15) is 46.5 Å². The highest BCUT2D eigenvalue weighted by Gasteiger charge is 2.24. The Kier molecular flexibility index (Phi) is 9.85. The van der Waals surface area contributed by atoms with Crippen molar-refractivity contribution < 1.29 is 14.3 Å². The second-order valence-electron chi connectivity index (χ2n) is 4.59. The molecule has 0 fully saturated rings. The van der Waals surface area contributed by atoms with Crippen LogP contribution in [0.5, 0.6) is 0 Å². The first-order valence-electron chi connectivity index (χ1n) is 7.15. The molecule has 0 spiro atoms. The summed E-state index contributed by atoms with van der Waals surface area (Å²) in [5.74, 6) is -0.314. The molecule has 0 aliphatic rings. The Morgan fingerprint density at radius 1 is 1.21 bits per heavy atom. The summed E-state index contributed by atoms with van der Waals surface area (Å²) in [6.07, 6.45) is 5.31. The van der Waals surface area contributed by atoms with Gasteiger partial charge in [-0.05, 0) is 19.8 Å². The van der Waals surface area contributed by atoms with E-state index in [0.717, 1.165) is 25.7 Å². The maximum atomic E-state index is 12.4. The van der Waals surface area contributed by atoms with Crippen molar-refractivity contribution in [1.29, 1.82) is 0 Å². The van der Waals surface area contributed by atoms with Gasteiger partial charge in [0.1, 0.15) is 6.54 Å². The van der Waals surface area contributed by atoms with E-state index >= 15 is 0 Å². The zero-order valence-electron chi connectivity index (χ0n) is 12.5. The molecule has 4 nitrogen and oxygen atoms in total. The molecule has 0 radical (unpaired) electrons. The zero-order valence-corrected chi connectivity index (χ0v) is 12.5. The van der Waals surface area contributed by atoms with Crippen LogP contribution in [0.3, 0.4) is 0 Å². The van der Waals surface area contributed by atoms with Crippen LogP contribution >= 0.6 is 0 Å². The van der Waals surface area contributed by atoms with Crippen molar-refractivity contribution >= 4 is 11.9 Å². The average Bonchev–Trinajstić information content (AvgIpc) is 2.37. The minimum Gasteiger partial charge on any atom is -0.465 e. The lowest BCUT2D eigenvalue weighted by Crippen LogP contribution is -2.40. The average molecular weight is 269 g/mol. The molecule has 110 valence electrons. The molecule has 0 N–H and O–H groups in total. The Balaban J connectivity index is 4.67. The molecule has 0 aliphatic carbocycles. The van der Waals surface area contributed by atoms with Crippen molar-refractivity contribution in [3.63, 3.8) is 0 Å². The van der Waals surface area contributed by atoms with E-state index in [1.54, 1.807) is 17.9 Å². The zero-order chi connectivity index (χ0) is 14.7.